The van der Waals surface area contributed by atoms with Crippen molar-refractivity contribution in [3.8, 4) is 23.6 Å². The molecule has 0 aromatic heterocycles. The lowest BCUT2D eigenvalue weighted by Gasteiger charge is -2.28. The molecule has 3 heteroatoms. The number of hydrogen-bond donors (Lipinski definition) is 0. The van der Waals surface area contributed by atoms with Gasteiger partial charge in [0.25, 0.3) is 0 Å². The Morgan fingerprint density at radius 1 is 0.313 bits per heavy atom. The minimum Gasteiger partial charge on any atom is -0.455 e. The van der Waals surface area contributed by atoms with Crippen molar-refractivity contribution in [3.63, 3.8) is 0 Å². The predicted molar refractivity (Wildman–Crippen MR) is 294 cm³/mol. The fraction of sp³-hybridized carbons (Fsp3) is 0.781. The van der Waals surface area contributed by atoms with Crippen LogP contribution in [0.3, 0.4) is 0 Å². The van der Waals surface area contributed by atoms with E-state index in [1.807, 2.05) is 12.1 Å². The summed E-state index contributed by atoms with van der Waals surface area (Å²) in [4.78, 5) is 0. The van der Waals surface area contributed by atoms with Crippen LogP contribution in [0.5, 0.6) is 11.5 Å². The molecule has 2 aromatic rings. The second kappa shape index (κ2) is 43.3. The Morgan fingerprint density at radius 3 is 0.836 bits per heavy atom. The van der Waals surface area contributed by atoms with Gasteiger partial charge in [0.2, 0.25) is 0 Å². The molecule has 0 N–H and O–H groups in total. The van der Waals surface area contributed by atoms with E-state index in [-0.39, 0.29) is 0 Å². The van der Waals surface area contributed by atoms with Crippen molar-refractivity contribution < 1.29 is 4.74 Å². The van der Waals surface area contributed by atoms with Gasteiger partial charge in [-0.15, -0.1) is 0 Å². The number of nitriles is 2. The summed E-state index contributed by atoms with van der Waals surface area (Å²) in [6.07, 6.45) is 58.6. The van der Waals surface area contributed by atoms with Crippen molar-refractivity contribution in [2.45, 2.75) is 324 Å². The highest BCUT2D eigenvalue weighted by molar-refractivity contribution is 5.60. The number of ether oxygens (including phenoxy) is 1. The van der Waals surface area contributed by atoms with Gasteiger partial charge in [-0.25, -0.2) is 0 Å². The highest BCUT2D eigenvalue weighted by Crippen LogP contribution is 2.43. The molecule has 0 unspecified atom stereocenters. The van der Waals surface area contributed by atoms with Crippen LogP contribution in [0.2, 0.25) is 0 Å². The van der Waals surface area contributed by atoms with Crippen molar-refractivity contribution in [2.75, 3.05) is 0 Å². The van der Waals surface area contributed by atoms with Crippen LogP contribution in [-0.4, -0.2) is 0 Å². The van der Waals surface area contributed by atoms with Gasteiger partial charge in [0.15, 0.2) is 0 Å². The van der Waals surface area contributed by atoms with Gasteiger partial charge in [0, 0.05) is 0 Å². The van der Waals surface area contributed by atoms with E-state index in [0.717, 1.165) is 31.4 Å². The first-order valence-corrected chi connectivity index (χ1v) is 29.9. The van der Waals surface area contributed by atoms with Gasteiger partial charge in [-0.05, 0) is 104 Å². The first-order chi connectivity index (χ1) is 33.1. The van der Waals surface area contributed by atoms with Crippen molar-refractivity contribution in [1.29, 1.82) is 10.5 Å². The number of rotatable bonds is 47. The molecule has 0 bridgehead atoms. The predicted octanol–water partition coefficient (Wildman–Crippen LogP) is 21.6. The van der Waals surface area contributed by atoms with E-state index in [4.69, 9.17) is 4.74 Å². The zero-order valence-electron chi connectivity index (χ0n) is 45.4. The van der Waals surface area contributed by atoms with Crippen molar-refractivity contribution >= 4 is 0 Å². The summed E-state index contributed by atoms with van der Waals surface area (Å²) in [6.45, 7) is 11.6. The molecule has 67 heavy (non-hydrogen) atoms. The van der Waals surface area contributed by atoms with Crippen LogP contribution in [0, 0.1) is 22.7 Å². The molecular weight excluding hydrogens is 813 g/mol. The van der Waals surface area contributed by atoms with E-state index >= 15 is 0 Å². The van der Waals surface area contributed by atoms with E-state index in [1.165, 1.54) is 274 Å². The smallest absolute Gasteiger partial charge is 0.146 e. The topological polar surface area (TPSA) is 56.8 Å². The van der Waals surface area contributed by atoms with Gasteiger partial charge in [-0.2, -0.15) is 10.5 Å². The lowest BCUT2D eigenvalue weighted by Crippen LogP contribution is -2.13. The van der Waals surface area contributed by atoms with E-state index < -0.39 is 0 Å². The molecule has 2 rings (SSSR count). The Balaban J connectivity index is 2.78. The maximum absolute atomic E-state index is 10.5. The van der Waals surface area contributed by atoms with Gasteiger partial charge in [0.1, 0.15) is 29.2 Å². The molecule has 0 amide bonds. The minimum atomic E-state index is 0.387. The first kappa shape index (κ1) is 60.3. The van der Waals surface area contributed by atoms with Crippen LogP contribution in [-0.2, 0) is 32.1 Å². The second-order valence-corrected chi connectivity index (χ2v) is 20.9. The van der Waals surface area contributed by atoms with Crippen LogP contribution < -0.4 is 4.74 Å². The monoisotopic (exact) mass is 921 g/mol. The molecule has 0 spiro atoms. The zero-order chi connectivity index (χ0) is 48.3. The number of unbranched alkanes of at least 4 members (excludes halogenated alkanes) is 35. The zero-order valence-corrected chi connectivity index (χ0v) is 45.4. The Kier molecular flexibility index (Phi) is 39.0. The fourth-order valence-electron chi connectivity index (χ4n) is 10.7. The van der Waals surface area contributed by atoms with E-state index in [1.54, 1.807) is 22.8 Å². The molecule has 0 aliphatic heterocycles. The standard InChI is InChI=1S/C64H108N2O/c1-6-11-16-21-26-31-36-41-48-57-58(49-42-37-32-27-22-17-12-7-2)60(51-44-39-34-29-24-19-14-9-4)64(67-63-53-46-47-56(54-65)62(63)55-66)61(52-45-40-35-30-25-20-15-10-5)59(57)50-43-38-33-28-23-18-13-8-3/h46-47,53H,6-45,48-52H2,1-5H3. The Hall–Kier alpha value is -2.78. The third-order valence-corrected chi connectivity index (χ3v) is 14.9. The van der Waals surface area contributed by atoms with Crippen LogP contribution in [0.4, 0.5) is 0 Å². The maximum atomic E-state index is 10.5. The summed E-state index contributed by atoms with van der Waals surface area (Å²) in [5.41, 5.74) is 8.68. The van der Waals surface area contributed by atoms with Gasteiger partial charge >= 0.3 is 0 Å². The summed E-state index contributed by atoms with van der Waals surface area (Å²) in [5.74, 6) is 1.66. The third-order valence-electron chi connectivity index (χ3n) is 14.9. The van der Waals surface area contributed by atoms with Crippen molar-refractivity contribution in [1.82, 2.24) is 0 Å². The van der Waals surface area contributed by atoms with E-state index in [0.29, 0.717) is 16.9 Å². The lowest BCUT2D eigenvalue weighted by molar-refractivity contribution is 0.459. The Morgan fingerprint density at radius 2 is 0.567 bits per heavy atom. The Labute approximate surface area is 417 Å². The van der Waals surface area contributed by atoms with Gasteiger partial charge in [-0.1, -0.05) is 265 Å². The lowest BCUT2D eigenvalue weighted by atomic mass is 9.80. The normalized spacial score (nSPS) is 11.3. The van der Waals surface area contributed by atoms with E-state index in [2.05, 4.69) is 46.8 Å². The molecule has 0 atom stereocenters. The average Bonchev–Trinajstić information content (AvgIpc) is 3.34. The summed E-state index contributed by atoms with van der Waals surface area (Å²) >= 11 is 0. The molecule has 2 aromatic carbocycles. The fourth-order valence-corrected chi connectivity index (χ4v) is 10.7. The second-order valence-electron chi connectivity index (χ2n) is 20.9. The summed E-state index contributed by atoms with van der Waals surface area (Å²) < 4.78 is 7.37. The number of hydrogen-bond acceptors (Lipinski definition) is 3. The number of nitrogens with zero attached hydrogens (tertiary/aromatic N) is 2. The van der Waals surface area contributed by atoms with Gasteiger partial charge < -0.3 is 4.74 Å². The highest BCUT2D eigenvalue weighted by atomic mass is 16.5. The SMILES string of the molecule is CCCCCCCCCCc1c(CCCCCCCCCC)c(CCCCCCCCCC)c(Oc2cccc(C#N)c2C#N)c(CCCCCCCCCC)c1CCCCCCCCCC. The largest absolute Gasteiger partial charge is 0.455 e. The van der Waals surface area contributed by atoms with Gasteiger partial charge in [-0.3, -0.25) is 0 Å². The molecule has 0 fully saturated rings. The molecule has 0 saturated carbocycles. The molecule has 0 heterocycles. The van der Waals surface area contributed by atoms with Crippen LogP contribution in [0.15, 0.2) is 18.2 Å². The van der Waals surface area contributed by atoms with Crippen LogP contribution in [0.25, 0.3) is 0 Å². The molecule has 3 nitrogen and oxygen atoms in total. The molecule has 0 aliphatic carbocycles. The van der Waals surface area contributed by atoms with Crippen LogP contribution >= 0.6 is 0 Å². The molecule has 0 radical (unpaired) electrons. The molecule has 0 aliphatic rings. The van der Waals surface area contributed by atoms with Crippen LogP contribution in [0.1, 0.15) is 330 Å². The summed E-state index contributed by atoms with van der Waals surface area (Å²) in [5, 5.41) is 20.7. The maximum Gasteiger partial charge on any atom is 0.146 e. The van der Waals surface area contributed by atoms with Gasteiger partial charge in [0.05, 0.1) is 5.56 Å². The summed E-state index contributed by atoms with van der Waals surface area (Å²) in [6, 6.07) is 10.4. The average molecular weight is 922 g/mol. The molecule has 0 saturated heterocycles. The van der Waals surface area contributed by atoms with Crippen molar-refractivity contribution in [2.24, 2.45) is 0 Å². The third kappa shape index (κ3) is 27.3. The van der Waals surface area contributed by atoms with Crippen molar-refractivity contribution in [3.05, 3.63) is 57.1 Å². The Bertz CT molecular complexity index is 1490. The van der Waals surface area contributed by atoms with E-state index in [9.17, 15) is 10.5 Å². The molecule has 380 valence electrons. The molecular formula is C64H108N2O. The first-order valence-electron chi connectivity index (χ1n) is 29.9. The minimum absolute atomic E-state index is 0.387. The quantitative estimate of drug-likeness (QED) is 0.0622. The number of benzene rings is 2. The summed E-state index contributed by atoms with van der Waals surface area (Å²) in [7, 11) is 0. The highest BCUT2D eigenvalue weighted by Gasteiger charge is 2.26.